The van der Waals surface area contributed by atoms with Crippen LogP contribution in [0.25, 0.3) is 22.2 Å². The molecule has 4 aromatic rings. The van der Waals surface area contributed by atoms with Gasteiger partial charge in [0.25, 0.3) is 0 Å². The van der Waals surface area contributed by atoms with Crippen LogP contribution in [0.2, 0.25) is 0 Å². The maximum Gasteiger partial charge on any atom is 0.159 e. The van der Waals surface area contributed by atoms with Gasteiger partial charge in [-0.25, -0.2) is 15.0 Å². The Morgan fingerprint density at radius 2 is 1.65 bits per heavy atom. The topological polar surface area (TPSA) is 89.4 Å². The normalized spacial score (nSPS) is 11.3. The molecule has 26 heavy (non-hydrogen) atoms. The Bertz CT molecular complexity index is 1080. The number of hydrogen-bond donors (Lipinski definition) is 1. The number of nitrogens with two attached hydrogens (primary N) is 1. The predicted molar refractivity (Wildman–Crippen MR) is 103 cm³/mol. The first-order chi connectivity index (χ1) is 12.7. The van der Waals surface area contributed by atoms with Gasteiger partial charge < -0.3 is 5.73 Å². The second kappa shape index (κ2) is 6.68. The molecule has 0 spiro atoms. The Labute approximate surface area is 150 Å². The van der Waals surface area contributed by atoms with Gasteiger partial charge in [-0.3, -0.25) is 0 Å². The molecule has 0 saturated carbocycles. The molecule has 2 heterocycles. The molecule has 0 radical (unpaired) electrons. The summed E-state index contributed by atoms with van der Waals surface area (Å²) in [5, 5.41) is 10.6. The number of nitrogens with zero attached hydrogens (tertiary/aromatic N) is 5. The summed E-state index contributed by atoms with van der Waals surface area (Å²) < 4.78 is 0. The van der Waals surface area contributed by atoms with E-state index in [0.717, 1.165) is 21.9 Å². The minimum absolute atomic E-state index is 0.362. The van der Waals surface area contributed by atoms with Gasteiger partial charge in [0.1, 0.15) is 5.69 Å². The van der Waals surface area contributed by atoms with Gasteiger partial charge in [-0.15, -0.1) is 5.11 Å². The highest BCUT2D eigenvalue weighted by Crippen LogP contribution is 2.32. The summed E-state index contributed by atoms with van der Waals surface area (Å²) >= 11 is 0. The first-order valence-corrected chi connectivity index (χ1v) is 8.15. The number of nitrogen functional groups attached to an aromatic ring is 1. The zero-order chi connectivity index (χ0) is 17.9. The molecular formula is C20H16N6. The van der Waals surface area contributed by atoms with Crippen molar-refractivity contribution in [2.24, 2.45) is 10.2 Å². The molecule has 0 saturated heterocycles. The predicted octanol–water partition coefficient (Wildman–Crippen LogP) is 5.00. The van der Waals surface area contributed by atoms with Gasteiger partial charge in [-0.05, 0) is 43.3 Å². The van der Waals surface area contributed by atoms with Crippen LogP contribution in [-0.2, 0) is 0 Å². The van der Waals surface area contributed by atoms with Gasteiger partial charge in [-0.2, -0.15) is 5.11 Å². The average Bonchev–Trinajstić information content (AvgIpc) is 2.68. The largest absolute Gasteiger partial charge is 0.382 e. The lowest BCUT2D eigenvalue weighted by Gasteiger charge is -2.05. The van der Waals surface area contributed by atoms with Crippen molar-refractivity contribution >= 4 is 28.0 Å². The van der Waals surface area contributed by atoms with Crippen LogP contribution in [0.3, 0.4) is 0 Å². The van der Waals surface area contributed by atoms with E-state index in [0.29, 0.717) is 23.0 Å². The molecule has 0 unspecified atom stereocenters. The first-order valence-electron chi connectivity index (χ1n) is 8.15. The molecule has 0 aliphatic rings. The second-order valence-electron chi connectivity index (χ2n) is 5.90. The van der Waals surface area contributed by atoms with E-state index in [4.69, 9.17) is 5.73 Å². The number of pyridine rings is 1. The van der Waals surface area contributed by atoms with Gasteiger partial charge in [-0.1, -0.05) is 17.7 Å². The van der Waals surface area contributed by atoms with Crippen molar-refractivity contribution in [2.75, 3.05) is 5.73 Å². The Balaban J connectivity index is 1.67. The van der Waals surface area contributed by atoms with Gasteiger partial charge in [0.2, 0.25) is 0 Å². The third-order valence-electron chi connectivity index (χ3n) is 4.01. The van der Waals surface area contributed by atoms with Crippen LogP contribution < -0.4 is 5.73 Å². The Morgan fingerprint density at radius 1 is 0.885 bits per heavy atom. The summed E-state index contributed by atoms with van der Waals surface area (Å²) in [5.41, 5.74) is 9.37. The third kappa shape index (κ3) is 3.12. The summed E-state index contributed by atoms with van der Waals surface area (Å²) in [6, 6.07) is 15.4. The van der Waals surface area contributed by atoms with Crippen molar-refractivity contribution in [1.29, 1.82) is 0 Å². The molecular weight excluding hydrogens is 324 g/mol. The number of hydrogen-bond acceptors (Lipinski definition) is 6. The quantitative estimate of drug-likeness (QED) is 0.532. The van der Waals surface area contributed by atoms with Crippen LogP contribution in [-0.4, -0.2) is 15.0 Å². The number of rotatable bonds is 3. The van der Waals surface area contributed by atoms with E-state index in [2.05, 4.69) is 25.2 Å². The molecule has 2 aromatic heterocycles. The van der Waals surface area contributed by atoms with Crippen molar-refractivity contribution in [3.8, 4) is 11.4 Å². The molecule has 126 valence electrons. The van der Waals surface area contributed by atoms with Crippen molar-refractivity contribution < 1.29 is 0 Å². The summed E-state index contributed by atoms with van der Waals surface area (Å²) in [7, 11) is 0. The Kier molecular flexibility index (Phi) is 4.07. The van der Waals surface area contributed by atoms with Crippen LogP contribution in [0, 0.1) is 6.92 Å². The molecule has 0 bridgehead atoms. The SMILES string of the molecule is Cc1ccc2cnc(N)c(/N=N/c3ccc(-c4ncccn4)cc3)c2c1. The fourth-order valence-corrected chi connectivity index (χ4v) is 2.66. The zero-order valence-corrected chi connectivity index (χ0v) is 14.2. The smallest absolute Gasteiger partial charge is 0.159 e. The summed E-state index contributed by atoms with van der Waals surface area (Å²) in [6.45, 7) is 2.03. The molecule has 0 fully saturated rings. The number of azo groups is 1. The van der Waals surface area contributed by atoms with Gasteiger partial charge in [0, 0.05) is 34.9 Å². The van der Waals surface area contributed by atoms with Crippen molar-refractivity contribution in [2.45, 2.75) is 6.92 Å². The first kappa shape index (κ1) is 15.8. The van der Waals surface area contributed by atoms with Crippen LogP contribution in [0.5, 0.6) is 0 Å². The summed E-state index contributed by atoms with van der Waals surface area (Å²) in [6.07, 6.45) is 5.18. The molecule has 0 amide bonds. The minimum Gasteiger partial charge on any atom is -0.382 e. The highest BCUT2D eigenvalue weighted by Gasteiger charge is 2.07. The van der Waals surface area contributed by atoms with E-state index >= 15 is 0 Å². The molecule has 6 heteroatoms. The number of benzene rings is 2. The summed E-state index contributed by atoms with van der Waals surface area (Å²) in [4.78, 5) is 12.7. The van der Waals surface area contributed by atoms with E-state index in [1.807, 2.05) is 49.4 Å². The van der Waals surface area contributed by atoms with E-state index in [9.17, 15) is 0 Å². The highest BCUT2D eigenvalue weighted by molar-refractivity contribution is 5.96. The third-order valence-corrected chi connectivity index (χ3v) is 4.01. The molecule has 2 aromatic carbocycles. The monoisotopic (exact) mass is 340 g/mol. The fourth-order valence-electron chi connectivity index (χ4n) is 2.66. The standard InChI is InChI=1S/C20H16N6/c1-13-3-4-15-12-24-19(21)18(17(15)11-13)26-25-16-7-5-14(6-8-16)20-22-9-2-10-23-20/h2-12H,1H3,(H2,21,24)/b26-25+. The number of anilines is 1. The molecule has 2 N–H and O–H groups in total. The van der Waals surface area contributed by atoms with E-state index in [-0.39, 0.29) is 0 Å². The molecule has 6 nitrogen and oxygen atoms in total. The lowest BCUT2D eigenvalue weighted by Crippen LogP contribution is -1.91. The lowest BCUT2D eigenvalue weighted by atomic mass is 10.1. The van der Waals surface area contributed by atoms with Crippen LogP contribution in [0.4, 0.5) is 17.2 Å². The second-order valence-corrected chi connectivity index (χ2v) is 5.90. The fraction of sp³-hybridized carbons (Fsp3) is 0.0500. The maximum atomic E-state index is 6.02. The van der Waals surface area contributed by atoms with E-state index in [1.165, 1.54) is 0 Å². The molecule has 0 aliphatic carbocycles. The Morgan fingerprint density at radius 3 is 2.42 bits per heavy atom. The van der Waals surface area contributed by atoms with Crippen molar-refractivity contribution in [3.05, 3.63) is 72.7 Å². The van der Waals surface area contributed by atoms with Crippen molar-refractivity contribution in [3.63, 3.8) is 0 Å². The van der Waals surface area contributed by atoms with Crippen LogP contribution in [0.15, 0.2) is 77.3 Å². The molecule has 0 aliphatic heterocycles. The van der Waals surface area contributed by atoms with Gasteiger partial charge >= 0.3 is 0 Å². The lowest BCUT2D eigenvalue weighted by molar-refractivity contribution is 1.17. The minimum atomic E-state index is 0.362. The van der Waals surface area contributed by atoms with Crippen molar-refractivity contribution in [1.82, 2.24) is 15.0 Å². The summed E-state index contributed by atoms with van der Waals surface area (Å²) in [5.74, 6) is 1.04. The number of fused-ring (bicyclic) bond motifs is 1. The molecule has 0 atom stereocenters. The Hall–Kier alpha value is -3.67. The molecule has 4 rings (SSSR count). The maximum absolute atomic E-state index is 6.02. The van der Waals surface area contributed by atoms with Crippen LogP contribution in [0.1, 0.15) is 5.56 Å². The van der Waals surface area contributed by atoms with E-state index in [1.54, 1.807) is 24.7 Å². The zero-order valence-electron chi connectivity index (χ0n) is 14.2. The van der Waals surface area contributed by atoms with E-state index < -0.39 is 0 Å². The van der Waals surface area contributed by atoms with Gasteiger partial charge in [0.05, 0.1) is 5.69 Å². The average molecular weight is 340 g/mol. The highest BCUT2D eigenvalue weighted by atomic mass is 15.1. The van der Waals surface area contributed by atoms with Crippen LogP contribution >= 0.6 is 0 Å². The number of aryl methyl sites for hydroxylation is 1. The van der Waals surface area contributed by atoms with Gasteiger partial charge in [0.15, 0.2) is 11.6 Å². The number of aromatic nitrogens is 3.